The van der Waals surface area contributed by atoms with Crippen LogP contribution in [0.4, 0.5) is 4.39 Å². The van der Waals surface area contributed by atoms with Crippen LogP contribution in [-0.4, -0.2) is 22.3 Å². The third-order valence-electron chi connectivity index (χ3n) is 1.95. The van der Waals surface area contributed by atoms with E-state index in [0.717, 1.165) is 0 Å². The molecule has 0 aliphatic rings. The molecule has 6 heteroatoms. The predicted octanol–water partition coefficient (Wildman–Crippen LogP) is 0.426. The summed E-state index contributed by atoms with van der Waals surface area (Å²) in [5.41, 5.74) is -0.230. The van der Waals surface area contributed by atoms with Gasteiger partial charge in [-0.15, -0.1) is 11.3 Å². The third kappa shape index (κ3) is 1.37. The maximum Gasteiger partial charge on any atom is 0.491 e. The van der Waals surface area contributed by atoms with Gasteiger partial charge in [0.25, 0.3) is 0 Å². The van der Waals surface area contributed by atoms with E-state index in [2.05, 4.69) is 0 Å². The molecule has 0 unspecified atom stereocenters. The monoisotopic (exact) mass is 212 g/mol. The number of benzene rings is 1. The molecule has 0 saturated heterocycles. The second kappa shape index (κ2) is 3.23. The Bertz CT molecular complexity index is 483. The summed E-state index contributed by atoms with van der Waals surface area (Å²) in [6.45, 7) is 0. The van der Waals surface area contributed by atoms with Crippen molar-refractivity contribution >= 4 is 34.0 Å². The summed E-state index contributed by atoms with van der Waals surface area (Å²) in [7, 11) is -1.86. The molecule has 2 aromatic rings. The van der Waals surface area contributed by atoms with Gasteiger partial charge in [0.15, 0.2) is 0 Å². The highest BCUT2D eigenvalue weighted by Gasteiger charge is 2.18. The van der Waals surface area contributed by atoms with Gasteiger partial charge in [0.1, 0.15) is 11.6 Å². The Morgan fingerprint density at radius 1 is 1.29 bits per heavy atom. The van der Waals surface area contributed by atoms with E-state index in [1.165, 1.54) is 28.8 Å². The van der Waals surface area contributed by atoms with Gasteiger partial charge in [0.2, 0.25) is 0 Å². The van der Waals surface area contributed by atoms with Crippen molar-refractivity contribution in [1.82, 2.24) is 0 Å². The Labute approximate surface area is 83.2 Å². The molecule has 0 fully saturated rings. The predicted molar refractivity (Wildman–Crippen MR) is 53.3 cm³/mol. The molecule has 1 aromatic carbocycles. The van der Waals surface area contributed by atoms with E-state index in [9.17, 15) is 9.50 Å². The van der Waals surface area contributed by atoms with Crippen LogP contribution in [-0.2, 0) is 0 Å². The number of thiophene rings is 1. The minimum Gasteiger partial charge on any atom is -0.506 e. The van der Waals surface area contributed by atoms with Gasteiger partial charge in [0.05, 0.1) is 0 Å². The lowest BCUT2D eigenvalue weighted by Gasteiger charge is -2.01. The fourth-order valence-corrected chi connectivity index (χ4v) is 2.08. The lowest BCUT2D eigenvalue weighted by atomic mass is 9.79. The highest BCUT2D eigenvalue weighted by Crippen LogP contribution is 2.30. The van der Waals surface area contributed by atoms with E-state index in [1.807, 2.05) is 0 Å². The molecule has 0 spiro atoms. The molecule has 0 bridgehead atoms. The van der Waals surface area contributed by atoms with Crippen LogP contribution in [0.5, 0.6) is 5.75 Å². The molecule has 0 saturated carbocycles. The number of halogens is 1. The van der Waals surface area contributed by atoms with E-state index in [4.69, 9.17) is 10.0 Å². The van der Waals surface area contributed by atoms with Crippen LogP contribution in [0.25, 0.3) is 10.1 Å². The Kier molecular flexibility index (Phi) is 2.18. The molecular weight excluding hydrogens is 206 g/mol. The Morgan fingerprint density at radius 3 is 2.64 bits per heavy atom. The number of hydrogen-bond acceptors (Lipinski definition) is 4. The zero-order chi connectivity index (χ0) is 10.3. The second-order valence-electron chi connectivity index (χ2n) is 2.86. The van der Waals surface area contributed by atoms with Crippen molar-refractivity contribution in [2.75, 3.05) is 0 Å². The molecule has 2 rings (SSSR count). The molecule has 72 valence electrons. The van der Waals surface area contributed by atoms with Crippen LogP contribution in [0.1, 0.15) is 0 Å². The third-order valence-corrected chi connectivity index (χ3v) is 2.88. The van der Waals surface area contributed by atoms with Gasteiger partial charge in [-0.05, 0) is 12.1 Å². The quantitative estimate of drug-likeness (QED) is 0.600. The Morgan fingerprint density at radius 2 is 2.00 bits per heavy atom. The summed E-state index contributed by atoms with van der Waals surface area (Å²) < 4.78 is 13.8. The summed E-state index contributed by atoms with van der Waals surface area (Å²) in [5, 5.41) is 28.9. The SMILES string of the molecule is OB(O)c1cc2c(O)csc2cc1F. The largest absolute Gasteiger partial charge is 0.506 e. The summed E-state index contributed by atoms with van der Waals surface area (Å²) in [5.74, 6) is -0.666. The van der Waals surface area contributed by atoms with Gasteiger partial charge in [-0.3, -0.25) is 0 Å². The first-order valence-electron chi connectivity index (χ1n) is 3.85. The molecule has 1 aromatic heterocycles. The van der Waals surface area contributed by atoms with E-state index in [0.29, 0.717) is 10.1 Å². The minimum absolute atomic E-state index is 0.0203. The van der Waals surface area contributed by atoms with Gasteiger partial charge >= 0.3 is 7.12 Å². The Hall–Kier alpha value is -1.11. The lowest BCUT2D eigenvalue weighted by Crippen LogP contribution is -2.32. The molecule has 0 atom stereocenters. The van der Waals surface area contributed by atoms with Crippen LogP contribution in [0, 0.1) is 5.82 Å². The molecule has 0 aliphatic carbocycles. The molecule has 1 heterocycles. The fraction of sp³-hybridized carbons (Fsp3) is 0. The number of fused-ring (bicyclic) bond motifs is 1. The standard InChI is InChI=1S/C8H6BFO3S/c10-6-2-8-4(7(11)3-14-8)1-5(6)9(12)13/h1-3,11-13H. The topological polar surface area (TPSA) is 60.7 Å². The average molecular weight is 212 g/mol. The fourth-order valence-electron chi connectivity index (χ4n) is 1.25. The van der Waals surface area contributed by atoms with Gasteiger partial charge in [-0.1, -0.05) is 0 Å². The highest BCUT2D eigenvalue weighted by atomic mass is 32.1. The summed E-state index contributed by atoms with van der Waals surface area (Å²) in [6, 6.07) is 2.41. The molecule has 0 radical (unpaired) electrons. The summed E-state index contributed by atoms with van der Waals surface area (Å²) in [4.78, 5) is 0. The van der Waals surface area contributed by atoms with Gasteiger partial charge in [0, 0.05) is 20.9 Å². The summed E-state index contributed by atoms with van der Waals surface area (Å²) >= 11 is 1.20. The normalized spacial score (nSPS) is 10.8. The number of aromatic hydroxyl groups is 1. The van der Waals surface area contributed by atoms with Crippen LogP contribution in [0.3, 0.4) is 0 Å². The van der Waals surface area contributed by atoms with Crippen LogP contribution in [0.2, 0.25) is 0 Å². The number of hydrogen-bond donors (Lipinski definition) is 3. The first kappa shape index (κ1) is 9.45. The lowest BCUT2D eigenvalue weighted by molar-refractivity contribution is 0.423. The average Bonchev–Trinajstić information content (AvgIpc) is 2.46. The van der Waals surface area contributed by atoms with Crippen molar-refractivity contribution in [3.8, 4) is 5.75 Å². The van der Waals surface area contributed by atoms with E-state index < -0.39 is 12.9 Å². The van der Waals surface area contributed by atoms with E-state index >= 15 is 0 Å². The van der Waals surface area contributed by atoms with Crippen molar-refractivity contribution in [3.05, 3.63) is 23.3 Å². The van der Waals surface area contributed by atoms with Gasteiger partial charge in [-0.2, -0.15) is 0 Å². The van der Waals surface area contributed by atoms with Crippen molar-refractivity contribution in [2.24, 2.45) is 0 Å². The maximum atomic E-state index is 13.2. The molecule has 0 amide bonds. The van der Waals surface area contributed by atoms with Crippen molar-refractivity contribution in [3.63, 3.8) is 0 Å². The van der Waals surface area contributed by atoms with E-state index in [1.54, 1.807) is 0 Å². The maximum absolute atomic E-state index is 13.2. The first-order valence-corrected chi connectivity index (χ1v) is 4.73. The summed E-state index contributed by atoms with van der Waals surface area (Å²) in [6.07, 6.45) is 0. The van der Waals surface area contributed by atoms with E-state index in [-0.39, 0.29) is 11.2 Å². The first-order chi connectivity index (χ1) is 6.59. The Balaban J connectivity index is 2.74. The molecule has 0 aliphatic heterocycles. The van der Waals surface area contributed by atoms with Crippen molar-refractivity contribution < 1.29 is 19.5 Å². The van der Waals surface area contributed by atoms with Crippen LogP contribution < -0.4 is 5.46 Å². The molecule has 3 nitrogen and oxygen atoms in total. The van der Waals surface area contributed by atoms with Gasteiger partial charge < -0.3 is 15.2 Å². The van der Waals surface area contributed by atoms with Crippen molar-refractivity contribution in [2.45, 2.75) is 0 Å². The second-order valence-corrected chi connectivity index (χ2v) is 3.78. The highest BCUT2D eigenvalue weighted by molar-refractivity contribution is 7.17. The van der Waals surface area contributed by atoms with Crippen LogP contribution in [0.15, 0.2) is 17.5 Å². The van der Waals surface area contributed by atoms with Gasteiger partial charge in [-0.25, -0.2) is 4.39 Å². The number of rotatable bonds is 1. The zero-order valence-electron chi connectivity index (χ0n) is 6.94. The molecule has 14 heavy (non-hydrogen) atoms. The molecule has 3 N–H and O–H groups in total. The minimum atomic E-state index is -1.86. The van der Waals surface area contributed by atoms with Crippen LogP contribution >= 0.6 is 11.3 Å². The molecular formula is C8H6BFO3S. The smallest absolute Gasteiger partial charge is 0.491 e. The zero-order valence-corrected chi connectivity index (χ0v) is 7.75. The van der Waals surface area contributed by atoms with Crippen molar-refractivity contribution in [1.29, 1.82) is 0 Å².